The van der Waals surface area contributed by atoms with E-state index in [2.05, 4.69) is 5.32 Å². The highest BCUT2D eigenvalue weighted by molar-refractivity contribution is 5.76. The molecule has 12 heavy (non-hydrogen) atoms. The monoisotopic (exact) mass is 170 g/mol. The van der Waals surface area contributed by atoms with Crippen LogP contribution in [0.2, 0.25) is 0 Å². The van der Waals surface area contributed by atoms with Crippen molar-refractivity contribution in [1.82, 2.24) is 5.32 Å². The van der Waals surface area contributed by atoms with Gasteiger partial charge in [0.1, 0.15) is 6.04 Å². The first-order valence-electron chi connectivity index (χ1n) is 3.88. The van der Waals surface area contributed by atoms with Gasteiger partial charge in [0.2, 0.25) is 5.91 Å². The number of hydrogen-bond acceptors (Lipinski definition) is 3. The van der Waals surface area contributed by atoms with Crippen LogP contribution in [0.1, 0.15) is 19.8 Å². The predicted molar refractivity (Wildman–Crippen MR) is 44.3 cm³/mol. The normalized spacial score (nSPS) is 11.8. The molecule has 0 aliphatic carbocycles. The van der Waals surface area contributed by atoms with Gasteiger partial charge in [-0.15, -0.1) is 0 Å². The quantitative estimate of drug-likeness (QED) is 0.609. The smallest absolute Gasteiger partial charge is 0.221 e. The lowest BCUT2D eigenvalue weighted by molar-refractivity contribution is -0.121. The average molecular weight is 170 g/mol. The molecule has 0 aromatic heterocycles. The molecule has 0 aliphatic heterocycles. The third-order valence-corrected chi connectivity index (χ3v) is 1.32. The second-order valence-corrected chi connectivity index (χ2v) is 2.51. The number of nitriles is 1. The number of carbonyl (C=O) groups excluding carboxylic acids is 1. The maximum atomic E-state index is 11.0. The molecule has 1 atom stereocenters. The number of carbonyl (C=O) groups is 1. The number of methoxy groups -OCH3 is 1. The van der Waals surface area contributed by atoms with Gasteiger partial charge in [-0.25, -0.2) is 0 Å². The fourth-order valence-corrected chi connectivity index (χ4v) is 0.723. The van der Waals surface area contributed by atoms with E-state index in [1.165, 1.54) is 0 Å². The Morgan fingerprint density at radius 1 is 1.75 bits per heavy atom. The van der Waals surface area contributed by atoms with Crippen LogP contribution in [0.3, 0.4) is 0 Å². The molecule has 0 rings (SSSR count). The third kappa shape index (κ3) is 5.69. The van der Waals surface area contributed by atoms with Crippen LogP contribution in [-0.4, -0.2) is 25.7 Å². The van der Waals surface area contributed by atoms with E-state index in [1.807, 2.05) is 6.07 Å². The van der Waals surface area contributed by atoms with Gasteiger partial charge in [-0.1, -0.05) is 0 Å². The summed E-state index contributed by atoms with van der Waals surface area (Å²) >= 11 is 0. The molecule has 0 spiro atoms. The van der Waals surface area contributed by atoms with Crippen molar-refractivity contribution in [2.75, 3.05) is 13.7 Å². The fourth-order valence-electron chi connectivity index (χ4n) is 0.723. The van der Waals surface area contributed by atoms with Gasteiger partial charge in [0.05, 0.1) is 6.07 Å². The summed E-state index contributed by atoms with van der Waals surface area (Å²) < 4.78 is 4.78. The Morgan fingerprint density at radius 2 is 2.42 bits per heavy atom. The lowest BCUT2D eigenvalue weighted by Crippen LogP contribution is -2.31. The van der Waals surface area contributed by atoms with E-state index in [9.17, 15) is 4.79 Å². The highest BCUT2D eigenvalue weighted by Gasteiger charge is 2.04. The first kappa shape index (κ1) is 10.9. The van der Waals surface area contributed by atoms with Gasteiger partial charge < -0.3 is 10.1 Å². The van der Waals surface area contributed by atoms with Crippen molar-refractivity contribution in [2.24, 2.45) is 0 Å². The van der Waals surface area contributed by atoms with Crippen LogP contribution in [0, 0.1) is 11.3 Å². The van der Waals surface area contributed by atoms with E-state index >= 15 is 0 Å². The van der Waals surface area contributed by atoms with Gasteiger partial charge in [0, 0.05) is 20.1 Å². The summed E-state index contributed by atoms with van der Waals surface area (Å²) in [5, 5.41) is 10.9. The Hall–Kier alpha value is -1.08. The SMILES string of the molecule is COCCCC(=O)NC(C)C#N. The van der Waals surface area contributed by atoms with Crippen molar-refractivity contribution in [3.63, 3.8) is 0 Å². The molecule has 1 unspecified atom stereocenters. The number of hydrogen-bond donors (Lipinski definition) is 1. The van der Waals surface area contributed by atoms with Crippen LogP contribution < -0.4 is 5.32 Å². The van der Waals surface area contributed by atoms with Crippen molar-refractivity contribution in [2.45, 2.75) is 25.8 Å². The van der Waals surface area contributed by atoms with Crippen molar-refractivity contribution >= 4 is 5.91 Å². The minimum absolute atomic E-state index is 0.0962. The van der Waals surface area contributed by atoms with Gasteiger partial charge in [-0.2, -0.15) is 5.26 Å². The van der Waals surface area contributed by atoms with Crippen LogP contribution in [0.4, 0.5) is 0 Å². The molecule has 0 radical (unpaired) electrons. The van der Waals surface area contributed by atoms with Crippen molar-refractivity contribution in [3.05, 3.63) is 0 Å². The molecule has 0 bridgehead atoms. The fraction of sp³-hybridized carbons (Fsp3) is 0.750. The molecule has 0 heterocycles. The summed E-state index contributed by atoms with van der Waals surface area (Å²) in [6.07, 6.45) is 1.11. The lowest BCUT2D eigenvalue weighted by atomic mass is 10.3. The molecule has 0 aliphatic rings. The van der Waals surface area contributed by atoms with E-state index in [0.29, 0.717) is 19.4 Å². The maximum absolute atomic E-state index is 11.0. The highest BCUT2D eigenvalue weighted by atomic mass is 16.5. The second kappa shape index (κ2) is 6.62. The Labute approximate surface area is 72.5 Å². The Balaban J connectivity index is 3.41. The zero-order valence-corrected chi connectivity index (χ0v) is 7.46. The van der Waals surface area contributed by atoms with Crippen LogP contribution in [-0.2, 0) is 9.53 Å². The maximum Gasteiger partial charge on any atom is 0.221 e. The largest absolute Gasteiger partial charge is 0.385 e. The molecule has 0 aromatic carbocycles. The molecule has 4 nitrogen and oxygen atoms in total. The standard InChI is InChI=1S/C8H14N2O2/c1-7(6-9)10-8(11)4-3-5-12-2/h7H,3-5H2,1-2H3,(H,10,11). The van der Waals surface area contributed by atoms with Gasteiger partial charge >= 0.3 is 0 Å². The van der Waals surface area contributed by atoms with Crippen LogP contribution in [0.25, 0.3) is 0 Å². The number of ether oxygens (including phenoxy) is 1. The van der Waals surface area contributed by atoms with E-state index in [4.69, 9.17) is 10.00 Å². The predicted octanol–water partition coefficient (Wildman–Crippen LogP) is 0.441. The second-order valence-electron chi connectivity index (χ2n) is 2.51. The minimum Gasteiger partial charge on any atom is -0.385 e. The first-order valence-corrected chi connectivity index (χ1v) is 3.88. The Bertz CT molecular complexity index is 174. The van der Waals surface area contributed by atoms with Crippen LogP contribution in [0.5, 0.6) is 0 Å². The summed E-state index contributed by atoms with van der Waals surface area (Å²) in [7, 11) is 1.59. The molecule has 0 saturated heterocycles. The number of nitrogens with zero attached hydrogens (tertiary/aromatic N) is 1. The summed E-state index contributed by atoms with van der Waals surface area (Å²) in [5.41, 5.74) is 0. The Kier molecular flexibility index (Phi) is 6.02. The van der Waals surface area contributed by atoms with E-state index < -0.39 is 6.04 Å². The van der Waals surface area contributed by atoms with Crippen LogP contribution >= 0.6 is 0 Å². The van der Waals surface area contributed by atoms with E-state index in [1.54, 1.807) is 14.0 Å². The molecular formula is C8H14N2O2. The third-order valence-electron chi connectivity index (χ3n) is 1.32. The van der Waals surface area contributed by atoms with Gasteiger partial charge in [0.25, 0.3) is 0 Å². The zero-order chi connectivity index (χ0) is 9.40. The molecule has 0 aromatic rings. The number of amides is 1. The molecule has 68 valence electrons. The van der Waals surface area contributed by atoms with Gasteiger partial charge in [0.15, 0.2) is 0 Å². The van der Waals surface area contributed by atoms with Crippen LogP contribution in [0.15, 0.2) is 0 Å². The lowest BCUT2D eigenvalue weighted by Gasteiger charge is -2.05. The molecule has 1 amide bonds. The van der Waals surface area contributed by atoms with Gasteiger partial charge in [-0.3, -0.25) is 4.79 Å². The van der Waals surface area contributed by atoms with E-state index in [-0.39, 0.29) is 5.91 Å². The Morgan fingerprint density at radius 3 is 2.92 bits per heavy atom. The van der Waals surface area contributed by atoms with E-state index in [0.717, 1.165) is 0 Å². The summed E-state index contributed by atoms with van der Waals surface area (Å²) in [6.45, 7) is 2.22. The average Bonchev–Trinajstić information content (AvgIpc) is 2.05. The highest BCUT2D eigenvalue weighted by Crippen LogP contribution is 1.90. The topological polar surface area (TPSA) is 62.1 Å². The molecule has 4 heteroatoms. The van der Waals surface area contributed by atoms with Gasteiger partial charge in [-0.05, 0) is 13.3 Å². The molecule has 0 saturated carbocycles. The first-order chi connectivity index (χ1) is 5.70. The van der Waals surface area contributed by atoms with Crippen molar-refractivity contribution in [1.29, 1.82) is 5.26 Å². The number of nitrogens with one attached hydrogen (secondary N) is 1. The van der Waals surface area contributed by atoms with Crippen molar-refractivity contribution < 1.29 is 9.53 Å². The summed E-state index contributed by atoms with van der Waals surface area (Å²) in [5.74, 6) is -0.0962. The molecular weight excluding hydrogens is 156 g/mol. The summed E-state index contributed by atoms with van der Waals surface area (Å²) in [4.78, 5) is 11.0. The number of rotatable bonds is 5. The molecule has 0 fully saturated rings. The summed E-state index contributed by atoms with van der Waals surface area (Å²) in [6, 6.07) is 1.52. The minimum atomic E-state index is -0.403. The molecule has 1 N–H and O–H groups in total. The van der Waals surface area contributed by atoms with Crippen molar-refractivity contribution in [3.8, 4) is 6.07 Å². The zero-order valence-electron chi connectivity index (χ0n) is 7.46.